The molecule has 0 aromatic heterocycles. The van der Waals surface area contributed by atoms with Crippen molar-refractivity contribution in [1.82, 2.24) is 5.32 Å². The molecule has 0 radical (unpaired) electrons. The third-order valence-electron chi connectivity index (χ3n) is 2.05. The maximum absolute atomic E-state index is 3.47. The number of benzene rings is 1. The van der Waals surface area contributed by atoms with E-state index < -0.39 is 0 Å². The molecule has 72 valence electrons. The minimum absolute atomic E-state index is 0.467. The Morgan fingerprint density at radius 2 is 2.23 bits per heavy atom. The van der Waals surface area contributed by atoms with Gasteiger partial charge in [-0.3, -0.25) is 0 Å². The largest absolute Gasteiger partial charge is 0.310 e. The average Bonchev–Trinajstić information content (AvgIpc) is 2.14. The van der Waals surface area contributed by atoms with Gasteiger partial charge in [-0.25, -0.2) is 0 Å². The summed E-state index contributed by atoms with van der Waals surface area (Å²) in [6.07, 6.45) is 1.19. The first-order chi connectivity index (χ1) is 6.24. The zero-order chi connectivity index (χ0) is 9.68. The van der Waals surface area contributed by atoms with Gasteiger partial charge in [0.1, 0.15) is 0 Å². The van der Waals surface area contributed by atoms with Crippen LogP contribution in [0.5, 0.6) is 0 Å². The first kappa shape index (κ1) is 11.0. The van der Waals surface area contributed by atoms with Crippen LogP contribution in [0.25, 0.3) is 0 Å². The van der Waals surface area contributed by atoms with E-state index in [0.29, 0.717) is 6.04 Å². The zero-order valence-corrected chi connectivity index (χ0v) is 10.3. The fourth-order valence-electron chi connectivity index (χ4n) is 1.25. The van der Waals surface area contributed by atoms with Gasteiger partial charge in [0.2, 0.25) is 0 Å². The molecule has 0 saturated heterocycles. The SMILES string of the molecule is CCCNC(C)c1cccc(I)c1. The Balaban J connectivity index is 2.60. The van der Waals surface area contributed by atoms with Crippen LogP contribution in [-0.4, -0.2) is 6.54 Å². The molecule has 0 saturated carbocycles. The topological polar surface area (TPSA) is 12.0 Å². The summed E-state index contributed by atoms with van der Waals surface area (Å²) in [5.41, 5.74) is 1.38. The van der Waals surface area contributed by atoms with E-state index in [1.807, 2.05) is 0 Å². The summed E-state index contributed by atoms with van der Waals surface area (Å²) >= 11 is 2.35. The summed E-state index contributed by atoms with van der Waals surface area (Å²) in [5.74, 6) is 0. The minimum atomic E-state index is 0.467. The van der Waals surface area contributed by atoms with Crippen LogP contribution < -0.4 is 5.32 Å². The molecule has 0 bridgehead atoms. The second-order valence-electron chi connectivity index (χ2n) is 3.23. The molecule has 0 heterocycles. The molecule has 0 aliphatic heterocycles. The monoisotopic (exact) mass is 289 g/mol. The molecule has 1 atom stereocenters. The third kappa shape index (κ3) is 3.65. The third-order valence-corrected chi connectivity index (χ3v) is 2.72. The highest BCUT2D eigenvalue weighted by atomic mass is 127. The van der Waals surface area contributed by atoms with Crippen LogP contribution in [0.1, 0.15) is 31.9 Å². The van der Waals surface area contributed by atoms with Crippen LogP contribution in [0.4, 0.5) is 0 Å². The Bertz CT molecular complexity index is 260. The van der Waals surface area contributed by atoms with Gasteiger partial charge in [-0.15, -0.1) is 0 Å². The highest BCUT2D eigenvalue weighted by Gasteiger charge is 2.02. The van der Waals surface area contributed by atoms with Crippen molar-refractivity contribution in [2.24, 2.45) is 0 Å². The molecule has 0 fully saturated rings. The molecule has 1 aromatic rings. The van der Waals surface area contributed by atoms with E-state index >= 15 is 0 Å². The van der Waals surface area contributed by atoms with Gasteiger partial charge in [-0.2, -0.15) is 0 Å². The van der Waals surface area contributed by atoms with Gasteiger partial charge in [0.15, 0.2) is 0 Å². The Labute approximate surface area is 94.1 Å². The van der Waals surface area contributed by atoms with Crippen LogP contribution >= 0.6 is 22.6 Å². The van der Waals surface area contributed by atoms with Crippen LogP contribution in [0.3, 0.4) is 0 Å². The summed E-state index contributed by atoms with van der Waals surface area (Å²) in [6.45, 7) is 5.49. The number of halogens is 1. The molecular weight excluding hydrogens is 273 g/mol. The maximum Gasteiger partial charge on any atom is 0.0292 e. The van der Waals surface area contributed by atoms with Gasteiger partial charge in [0.05, 0.1) is 0 Å². The number of rotatable bonds is 4. The van der Waals surface area contributed by atoms with Crippen LogP contribution in [0.15, 0.2) is 24.3 Å². The lowest BCUT2D eigenvalue weighted by molar-refractivity contribution is 0.570. The fraction of sp³-hybridized carbons (Fsp3) is 0.455. The lowest BCUT2D eigenvalue weighted by atomic mass is 10.1. The first-order valence-corrected chi connectivity index (χ1v) is 5.80. The smallest absolute Gasteiger partial charge is 0.0292 e. The van der Waals surface area contributed by atoms with E-state index in [9.17, 15) is 0 Å². The van der Waals surface area contributed by atoms with Gasteiger partial charge in [-0.05, 0) is 60.2 Å². The molecular formula is C11H16IN. The molecule has 2 heteroatoms. The van der Waals surface area contributed by atoms with E-state index in [-0.39, 0.29) is 0 Å². The summed E-state index contributed by atoms with van der Waals surface area (Å²) in [7, 11) is 0. The average molecular weight is 289 g/mol. The van der Waals surface area contributed by atoms with Crippen molar-refractivity contribution in [2.45, 2.75) is 26.3 Å². The number of nitrogens with one attached hydrogen (secondary N) is 1. The number of hydrogen-bond acceptors (Lipinski definition) is 1. The molecule has 1 aromatic carbocycles. The lowest BCUT2D eigenvalue weighted by Crippen LogP contribution is -2.19. The van der Waals surface area contributed by atoms with E-state index in [1.165, 1.54) is 15.6 Å². The van der Waals surface area contributed by atoms with Crippen molar-refractivity contribution >= 4 is 22.6 Å². The maximum atomic E-state index is 3.47. The van der Waals surface area contributed by atoms with E-state index in [2.05, 4.69) is 66.0 Å². The summed E-state index contributed by atoms with van der Waals surface area (Å²) in [5, 5.41) is 3.47. The first-order valence-electron chi connectivity index (χ1n) is 4.73. The predicted molar refractivity (Wildman–Crippen MR) is 65.9 cm³/mol. The van der Waals surface area contributed by atoms with E-state index in [1.54, 1.807) is 0 Å². The highest BCUT2D eigenvalue weighted by molar-refractivity contribution is 14.1. The van der Waals surface area contributed by atoms with Crippen molar-refractivity contribution in [3.63, 3.8) is 0 Å². The quantitative estimate of drug-likeness (QED) is 0.838. The Kier molecular flexibility index (Phi) is 4.73. The standard InChI is InChI=1S/C11H16IN/c1-3-7-13-9(2)10-5-4-6-11(12)8-10/h4-6,8-9,13H,3,7H2,1-2H3. The Hall–Kier alpha value is -0.0900. The zero-order valence-electron chi connectivity index (χ0n) is 8.18. The van der Waals surface area contributed by atoms with Gasteiger partial charge >= 0.3 is 0 Å². The fourth-order valence-corrected chi connectivity index (χ4v) is 1.82. The molecule has 1 N–H and O–H groups in total. The normalized spacial score (nSPS) is 12.8. The van der Waals surface area contributed by atoms with Crippen molar-refractivity contribution in [1.29, 1.82) is 0 Å². The molecule has 1 unspecified atom stereocenters. The Morgan fingerprint density at radius 1 is 1.46 bits per heavy atom. The Morgan fingerprint density at radius 3 is 2.85 bits per heavy atom. The van der Waals surface area contributed by atoms with Crippen molar-refractivity contribution in [3.05, 3.63) is 33.4 Å². The summed E-state index contributed by atoms with van der Waals surface area (Å²) in [4.78, 5) is 0. The summed E-state index contributed by atoms with van der Waals surface area (Å²) < 4.78 is 1.31. The molecule has 13 heavy (non-hydrogen) atoms. The van der Waals surface area contributed by atoms with Gasteiger partial charge in [0.25, 0.3) is 0 Å². The molecule has 0 aliphatic rings. The van der Waals surface area contributed by atoms with Gasteiger partial charge < -0.3 is 5.32 Å². The number of hydrogen-bond donors (Lipinski definition) is 1. The molecule has 0 aliphatic carbocycles. The van der Waals surface area contributed by atoms with Crippen LogP contribution in [0, 0.1) is 3.57 Å². The second kappa shape index (κ2) is 5.60. The predicted octanol–water partition coefficient (Wildman–Crippen LogP) is 3.35. The van der Waals surface area contributed by atoms with Crippen molar-refractivity contribution < 1.29 is 0 Å². The summed E-state index contributed by atoms with van der Waals surface area (Å²) in [6, 6.07) is 9.11. The molecule has 1 nitrogen and oxygen atoms in total. The second-order valence-corrected chi connectivity index (χ2v) is 4.48. The minimum Gasteiger partial charge on any atom is -0.310 e. The van der Waals surface area contributed by atoms with Crippen LogP contribution in [-0.2, 0) is 0 Å². The molecule has 0 spiro atoms. The van der Waals surface area contributed by atoms with Crippen molar-refractivity contribution in [3.8, 4) is 0 Å². The van der Waals surface area contributed by atoms with Gasteiger partial charge in [-0.1, -0.05) is 19.1 Å². The van der Waals surface area contributed by atoms with E-state index in [4.69, 9.17) is 0 Å². The van der Waals surface area contributed by atoms with Gasteiger partial charge in [0, 0.05) is 9.61 Å². The van der Waals surface area contributed by atoms with Crippen molar-refractivity contribution in [2.75, 3.05) is 6.54 Å². The molecule has 1 rings (SSSR count). The lowest BCUT2D eigenvalue weighted by Gasteiger charge is -2.13. The van der Waals surface area contributed by atoms with Crippen LogP contribution in [0.2, 0.25) is 0 Å². The molecule has 0 amide bonds. The highest BCUT2D eigenvalue weighted by Crippen LogP contribution is 2.15. The van der Waals surface area contributed by atoms with E-state index in [0.717, 1.165) is 6.54 Å².